The van der Waals surface area contributed by atoms with Gasteiger partial charge in [0.05, 0.1) is 12.5 Å². The molecule has 3 nitrogen and oxygen atoms in total. The Bertz CT molecular complexity index is 307. The Morgan fingerprint density at radius 1 is 1.73 bits per heavy atom. The molecule has 1 aliphatic carbocycles. The first-order chi connectivity index (χ1) is 5.40. The van der Waals surface area contributed by atoms with E-state index < -0.39 is 0 Å². The second-order valence-electron chi connectivity index (χ2n) is 2.34. The number of allylic oxidation sites excluding steroid dienone is 3. The van der Waals surface area contributed by atoms with Crippen LogP contribution >= 0.6 is 0 Å². The molecule has 3 heteroatoms. The zero-order chi connectivity index (χ0) is 7.68. The van der Waals surface area contributed by atoms with Gasteiger partial charge in [0.1, 0.15) is 11.5 Å². The molecule has 0 saturated heterocycles. The number of nitriles is 1. The van der Waals surface area contributed by atoms with Gasteiger partial charge < -0.3 is 4.74 Å². The van der Waals surface area contributed by atoms with E-state index in [2.05, 4.69) is 4.99 Å². The van der Waals surface area contributed by atoms with Gasteiger partial charge in [0.15, 0.2) is 0 Å². The van der Waals surface area contributed by atoms with Gasteiger partial charge in [-0.05, 0) is 12.2 Å². The highest BCUT2D eigenvalue weighted by Gasteiger charge is 2.23. The van der Waals surface area contributed by atoms with Crippen molar-refractivity contribution in [2.45, 2.75) is 12.6 Å². The van der Waals surface area contributed by atoms with Crippen molar-refractivity contribution in [1.29, 1.82) is 5.26 Å². The summed E-state index contributed by atoms with van der Waals surface area (Å²) in [5, 5.41) is 8.35. The van der Waals surface area contributed by atoms with Gasteiger partial charge in [-0.1, -0.05) is 6.08 Å². The molecule has 1 aliphatic heterocycles. The average Bonchev–Trinajstić information content (AvgIpc) is 2.46. The standard InChI is InChI=1S/C8H6N2O/c9-5-4-8-10-6-2-1-3-7(6)11-8/h1-3,8H,4H2. The van der Waals surface area contributed by atoms with Crippen LogP contribution in [0.3, 0.4) is 0 Å². The van der Waals surface area contributed by atoms with Gasteiger partial charge in [0.25, 0.3) is 0 Å². The summed E-state index contributed by atoms with van der Waals surface area (Å²) in [5.41, 5.74) is 0.866. The highest BCUT2D eigenvalue weighted by Crippen LogP contribution is 2.22. The van der Waals surface area contributed by atoms with E-state index in [4.69, 9.17) is 10.00 Å². The fraction of sp³-hybridized carbons (Fsp3) is 0.250. The van der Waals surface area contributed by atoms with Crippen molar-refractivity contribution in [3.05, 3.63) is 24.0 Å². The second-order valence-corrected chi connectivity index (χ2v) is 2.34. The molecule has 0 saturated carbocycles. The molecular weight excluding hydrogens is 140 g/mol. The molecule has 1 atom stereocenters. The van der Waals surface area contributed by atoms with E-state index in [1.165, 1.54) is 0 Å². The number of rotatable bonds is 1. The highest BCUT2D eigenvalue weighted by molar-refractivity contribution is 6.10. The summed E-state index contributed by atoms with van der Waals surface area (Å²) < 4.78 is 5.30. The lowest BCUT2D eigenvalue weighted by Gasteiger charge is -2.01. The van der Waals surface area contributed by atoms with E-state index in [1.54, 1.807) is 0 Å². The third-order valence-electron chi connectivity index (χ3n) is 1.57. The third kappa shape index (κ3) is 0.926. The molecule has 0 aromatic rings. The first-order valence-electron chi connectivity index (χ1n) is 3.40. The Hall–Kier alpha value is -1.56. The van der Waals surface area contributed by atoms with Crippen LogP contribution < -0.4 is 0 Å². The van der Waals surface area contributed by atoms with Crippen molar-refractivity contribution in [2.75, 3.05) is 0 Å². The van der Waals surface area contributed by atoms with E-state index >= 15 is 0 Å². The summed E-state index contributed by atoms with van der Waals surface area (Å²) in [4.78, 5) is 4.16. The summed E-state index contributed by atoms with van der Waals surface area (Å²) in [6.07, 6.45) is 5.68. The number of fused-ring (bicyclic) bond motifs is 1. The fourth-order valence-electron chi connectivity index (χ4n) is 1.09. The Morgan fingerprint density at radius 2 is 2.64 bits per heavy atom. The molecule has 0 aromatic heterocycles. The Labute approximate surface area is 64.3 Å². The largest absolute Gasteiger partial charge is 0.465 e. The lowest BCUT2D eigenvalue weighted by molar-refractivity contribution is 0.161. The van der Waals surface area contributed by atoms with Gasteiger partial charge in [-0.2, -0.15) is 5.26 Å². The van der Waals surface area contributed by atoms with Crippen LogP contribution in [0.5, 0.6) is 0 Å². The maximum absolute atomic E-state index is 8.35. The lowest BCUT2D eigenvalue weighted by Crippen LogP contribution is -2.00. The topological polar surface area (TPSA) is 45.4 Å². The molecular formula is C8H6N2O. The van der Waals surface area contributed by atoms with Crippen LogP contribution in [0.25, 0.3) is 0 Å². The predicted octanol–water partition coefficient (Wildman–Crippen LogP) is 1.15. The van der Waals surface area contributed by atoms with Crippen LogP contribution in [0, 0.1) is 11.3 Å². The Kier molecular flexibility index (Phi) is 1.26. The quantitative estimate of drug-likeness (QED) is 0.557. The van der Waals surface area contributed by atoms with Crippen LogP contribution in [0.4, 0.5) is 0 Å². The molecule has 54 valence electrons. The van der Waals surface area contributed by atoms with Crippen LogP contribution in [0.15, 0.2) is 29.0 Å². The molecule has 0 N–H and O–H groups in total. The SMILES string of the molecule is N#CCC1N=C2C=CC=C2O1. The van der Waals surface area contributed by atoms with Crippen molar-refractivity contribution in [3.63, 3.8) is 0 Å². The van der Waals surface area contributed by atoms with Gasteiger partial charge in [0.2, 0.25) is 6.23 Å². The number of aliphatic imine (C=N–C) groups is 1. The van der Waals surface area contributed by atoms with Gasteiger partial charge in [0, 0.05) is 0 Å². The first kappa shape index (κ1) is 6.17. The summed E-state index contributed by atoms with van der Waals surface area (Å²) in [7, 11) is 0. The number of hydrogen-bond acceptors (Lipinski definition) is 3. The predicted molar refractivity (Wildman–Crippen MR) is 39.8 cm³/mol. The minimum absolute atomic E-state index is 0.272. The molecule has 1 heterocycles. The van der Waals surface area contributed by atoms with Crippen LogP contribution in [-0.2, 0) is 4.74 Å². The van der Waals surface area contributed by atoms with E-state index in [-0.39, 0.29) is 6.23 Å². The summed E-state index contributed by atoms with van der Waals surface area (Å²) in [6.45, 7) is 0. The van der Waals surface area contributed by atoms with Gasteiger partial charge >= 0.3 is 0 Å². The molecule has 0 bridgehead atoms. The van der Waals surface area contributed by atoms with Crippen LogP contribution in [0.2, 0.25) is 0 Å². The third-order valence-corrected chi connectivity index (χ3v) is 1.57. The van der Waals surface area contributed by atoms with Gasteiger partial charge in [-0.25, -0.2) is 4.99 Å². The van der Waals surface area contributed by atoms with Crippen LogP contribution in [-0.4, -0.2) is 11.9 Å². The molecule has 0 radical (unpaired) electrons. The first-order valence-corrected chi connectivity index (χ1v) is 3.40. The van der Waals surface area contributed by atoms with Gasteiger partial charge in [-0.15, -0.1) is 0 Å². The molecule has 2 aliphatic rings. The second kappa shape index (κ2) is 2.24. The average molecular weight is 146 g/mol. The monoisotopic (exact) mass is 146 g/mol. The van der Waals surface area contributed by atoms with E-state index in [0.29, 0.717) is 6.42 Å². The maximum atomic E-state index is 8.35. The smallest absolute Gasteiger partial charge is 0.203 e. The fourth-order valence-corrected chi connectivity index (χ4v) is 1.09. The van der Waals surface area contributed by atoms with Crippen molar-refractivity contribution >= 4 is 5.71 Å². The Balaban J connectivity index is 2.16. The van der Waals surface area contributed by atoms with E-state index in [9.17, 15) is 0 Å². The van der Waals surface area contributed by atoms with Crippen molar-refractivity contribution in [3.8, 4) is 6.07 Å². The summed E-state index contributed by atoms with van der Waals surface area (Å²) in [6, 6.07) is 2.02. The lowest BCUT2D eigenvalue weighted by atomic mass is 10.4. The molecule has 2 rings (SSSR count). The summed E-state index contributed by atoms with van der Waals surface area (Å²) in [5.74, 6) is 0.797. The molecule has 0 spiro atoms. The number of nitrogens with zero attached hydrogens (tertiary/aromatic N) is 2. The molecule has 0 fully saturated rings. The van der Waals surface area contributed by atoms with Crippen LogP contribution in [0.1, 0.15) is 6.42 Å². The minimum atomic E-state index is -0.272. The molecule has 0 amide bonds. The molecule has 0 aromatic carbocycles. The van der Waals surface area contributed by atoms with Gasteiger partial charge in [-0.3, -0.25) is 0 Å². The molecule has 1 unspecified atom stereocenters. The number of hydrogen-bond donors (Lipinski definition) is 0. The normalized spacial score (nSPS) is 25.2. The highest BCUT2D eigenvalue weighted by atomic mass is 16.5. The van der Waals surface area contributed by atoms with E-state index in [0.717, 1.165) is 11.5 Å². The molecule has 11 heavy (non-hydrogen) atoms. The zero-order valence-electron chi connectivity index (χ0n) is 5.82. The summed E-state index contributed by atoms with van der Waals surface area (Å²) >= 11 is 0. The zero-order valence-corrected chi connectivity index (χ0v) is 5.82. The van der Waals surface area contributed by atoms with Crippen molar-refractivity contribution in [2.24, 2.45) is 4.99 Å². The van der Waals surface area contributed by atoms with Crippen molar-refractivity contribution in [1.82, 2.24) is 0 Å². The number of ether oxygens (including phenoxy) is 1. The minimum Gasteiger partial charge on any atom is -0.465 e. The van der Waals surface area contributed by atoms with Crippen molar-refractivity contribution < 1.29 is 4.74 Å². The van der Waals surface area contributed by atoms with E-state index in [1.807, 2.05) is 24.3 Å². The maximum Gasteiger partial charge on any atom is 0.203 e. The Morgan fingerprint density at radius 3 is 3.36 bits per heavy atom.